The van der Waals surface area contributed by atoms with Crippen LogP contribution in [-0.4, -0.2) is 4.98 Å². The predicted octanol–water partition coefficient (Wildman–Crippen LogP) is 5.57. The Labute approximate surface area is 114 Å². The van der Waals surface area contributed by atoms with Gasteiger partial charge in [-0.15, -0.1) is 0 Å². The smallest absolute Gasteiger partial charge is 0.0500 e. The lowest BCUT2D eigenvalue weighted by Gasteiger charge is -2.06. The molecule has 2 aromatic carbocycles. The van der Waals surface area contributed by atoms with Crippen LogP contribution in [0.1, 0.15) is 50.7 Å². The van der Waals surface area contributed by atoms with Crippen LogP contribution in [0.3, 0.4) is 0 Å². The number of fused-ring (bicyclic) bond motifs is 3. The van der Waals surface area contributed by atoms with Gasteiger partial charge in [-0.05, 0) is 23.0 Å². The van der Waals surface area contributed by atoms with Crippen LogP contribution in [0, 0.1) is 0 Å². The van der Waals surface area contributed by atoms with Crippen LogP contribution in [0.4, 0.5) is 0 Å². The molecule has 0 fully saturated rings. The standard InChI is InChI=1S/C18H21N/c1-11(2)13-7-5-9-15-16-10-6-8-14(12(3)4)18(16)19-17(13)15/h5-12,19H,1-4H3. The summed E-state index contributed by atoms with van der Waals surface area (Å²) in [5.74, 6) is 1.08. The molecule has 0 saturated heterocycles. The Kier molecular flexibility index (Phi) is 2.85. The van der Waals surface area contributed by atoms with Gasteiger partial charge in [0, 0.05) is 21.8 Å². The van der Waals surface area contributed by atoms with E-state index in [1.165, 1.54) is 32.9 Å². The topological polar surface area (TPSA) is 15.8 Å². The highest BCUT2D eigenvalue weighted by Gasteiger charge is 2.13. The van der Waals surface area contributed by atoms with Crippen molar-refractivity contribution in [2.24, 2.45) is 0 Å². The third kappa shape index (κ3) is 1.85. The van der Waals surface area contributed by atoms with Crippen LogP contribution in [0.25, 0.3) is 21.8 Å². The molecule has 1 aromatic heterocycles. The van der Waals surface area contributed by atoms with Crippen molar-refractivity contribution in [1.29, 1.82) is 0 Å². The average molecular weight is 251 g/mol. The minimum absolute atomic E-state index is 0.541. The van der Waals surface area contributed by atoms with Gasteiger partial charge in [0.15, 0.2) is 0 Å². The van der Waals surface area contributed by atoms with Crippen LogP contribution in [0.2, 0.25) is 0 Å². The summed E-state index contributed by atoms with van der Waals surface area (Å²) in [7, 11) is 0. The number of para-hydroxylation sites is 2. The van der Waals surface area contributed by atoms with E-state index in [1.54, 1.807) is 0 Å². The Balaban J connectivity index is 2.44. The largest absolute Gasteiger partial charge is 0.354 e. The number of aromatic nitrogens is 1. The first-order chi connectivity index (χ1) is 9.09. The molecule has 0 unspecified atom stereocenters. The van der Waals surface area contributed by atoms with Crippen molar-refractivity contribution in [2.75, 3.05) is 0 Å². The quantitative estimate of drug-likeness (QED) is 0.613. The van der Waals surface area contributed by atoms with Crippen LogP contribution in [0.15, 0.2) is 36.4 Å². The molecule has 1 heterocycles. The molecule has 0 aliphatic heterocycles. The van der Waals surface area contributed by atoms with Gasteiger partial charge in [-0.2, -0.15) is 0 Å². The lowest BCUT2D eigenvalue weighted by Crippen LogP contribution is -1.89. The van der Waals surface area contributed by atoms with Gasteiger partial charge >= 0.3 is 0 Å². The molecule has 0 amide bonds. The molecular formula is C18H21N. The molecule has 3 rings (SSSR count). The van der Waals surface area contributed by atoms with E-state index in [1.807, 2.05) is 0 Å². The van der Waals surface area contributed by atoms with Crippen molar-refractivity contribution in [3.63, 3.8) is 0 Å². The van der Waals surface area contributed by atoms with Crippen molar-refractivity contribution >= 4 is 21.8 Å². The average Bonchev–Trinajstić information content (AvgIpc) is 2.76. The lowest BCUT2D eigenvalue weighted by atomic mass is 9.98. The summed E-state index contributed by atoms with van der Waals surface area (Å²) < 4.78 is 0. The van der Waals surface area contributed by atoms with Gasteiger partial charge in [0.05, 0.1) is 0 Å². The predicted molar refractivity (Wildman–Crippen MR) is 84.0 cm³/mol. The first-order valence-corrected chi connectivity index (χ1v) is 7.12. The molecule has 1 N–H and O–H groups in total. The van der Waals surface area contributed by atoms with Crippen molar-refractivity contribution in [1.82, 2.24) is 4.98 Å². The summed E-state index contributed by atoms with van der Waals surface area (Å²) in [6, 6.07) is 13.3. The van der Waals surface area contributed by atoms with E-state index in [9.17, 15) is 0 Å². The second-order valence-corrected chi connectivity index (χ2v) is 5.97. The van der Waals surface area contributed by atoms with Gasteiger partial charge in [0.1, 0.15) is 0 Å². The Morgan fingerprint density at radius 3 is 1.47 bits per heavy atom. The first kappa shape index (κ1) is 12.3. The number of nitrogens with one attached hydrogen (secondary N) is 1. The van der Waals surface area contributed by atoms with E-state index in [0.29, 0.717) is 11.8 Å². The molecule has 1 nitrogen and oxygen atoms in total. The number of benzene rings is 2. The van der Waals surface area contributed by atoms with Gasteiger partial charge < -0.3 is 4.98 Å². The summed E-state index contributed by atoms with van der Waals surface area (Å²) >= 11 is 0. The first-order valence-electron chi connectivity index (χ1n) is 7.12. The monoisotopic (exact) mass is 251 g/mol. The van der Waals surface area contributed by atoms with Crippen LogP contribution < -0.4 is 0 Å². The fourth-order valence-electron chi connectivity index (χ4n) is 2.96. The lowest BCUT2D eigenvalue weighted by molar-refractivity contribution is 0.870. The number of H-pyrrole nitrogens is 1. The molecule has 0 atom stereocenters. The third-order valence-electron chi connectivity index (χ3n) is 3.98. The highest BCUT2D eigenvalue weighted by Crippen LogP contribution is 2.34. The second kappa shape index (κ2) is 4.41. The molecule has 19 heavy (non-hydrogen) atoms. The Morgan fingerprint density at radius 2 is 1.11 bits per heavy atom. The molecule has 0 bridgehead atoms. The zero-order valence-electron chi connectivity index (χ0n) is 12.1. The minimum atomic E-state index is 0.541. The molecule has 0 aliphatic carbocycles. The number of hydrogen-bond acceptors (Lipinski definition) is 0. The molecule has 0 saturated carbocycles. The molecule has 0 spiro atoms. The maximum absolute atomic E-state index is 3.68. The maximum Gasteiger partial charge on any atom is 0.0500 e. The van der Waals surface area contributed by atoms with Gasteiger partial charge in [0.2, 0.25) is 0 Å². The van der Waals surface area contributed by atoms with E-state index in [-0.39, 0.29) is 0 Å². The van der Waals surface area contributed by atoms with E-state index in [4.69, 9.17) is 0 Å². The number of rotatable bonds is 2. The SMILES string of the molecule is CC(C)c1cccc2c1[nH]c1c(C(C)C)cccc12. The fourth-order valence-corrected chi connectivity index (χ4v) is 2.96. The van der Waals surface area contributed by atoms with Gasteiger partial charge in [-0.3, -0.25) is 0 Å². The van der Waals surface area contributed by atoms with E-state index < -0.39 is 0 Å². The summed E-state index contributed by atoms with van der Waals surface area (Å²) in [4.78, 5) is 3.68. The molecular weight excluding hydrogens is 230 g/mol. The molecule has 1 heteroatoms. The Bertz CT molecular complexity index is 670. The zero-order valence-corrected chi connectivity index (χ0v) is 12.1. The Morgan fingerprint density at radius 1 is 0.684 bits per heavy atom. The number of aromatic amines is 1. The highest BCUT2D eigenvalue weighted by atomic mass is 14.7. The number of hydrogen-bond donors (Lipinski definition) is 1. The van der Waals surface area contributed by atoms with Crippen molar-refractivity contribution in [2.45, 2.75) is 39.5 Å². The van der Waals surface area contributed by atoms with Gasteiger partial charge in [-0.25, -0.2) is 0 Å². The van der Waals surface area contributed by atoms with Gasteiger partial charge in [-0.1, -0.05) is 64.1 Å². The summed E-state index contributed by atoms with van der Waals surface area (Å²) in [5, 5.41) is 2.70. The minimum Gasteiger partial charge on any atom is -0.354 e. The van der Waals surface area contributed by atoms with Crippen LogP contribution in [-0.2, 0) is 0 Å². The maximum atomic E-state index is 3.68. The van der Waals surface area contributed by atoms with E-state index in [0.717, 1.165) is 0 Å². The normalized spacial score (nSPS) is 12.1. The summed E-state index contributed by atoms with van der Waals surface area (Å²) in [5.41, 5.74) is 5.42. The summed E-state index contributed by atoms with van der Waals surface area (Å²) in [6.45, 7) is 9.01. The fraction of sp³-hybridized carbons (Fsp3) is 0.333. The molecule has 0 radical (unpaired) electrons. The van der Waals surface area contributed by atoms with Crippen LogP contribution >= 0.6 is 0 Å². The molecule has 98 valence electrons. The zero-order chi connectivity index (χ0) is 13.6. The van der Waals surface area contributed by atoms with Gasteiger partial charge in [0.25, 0.3) is 0 Å². The molecule has 3 aromatic rings. The Hall–Kier alpha value is -1.76. The third-order valence-corrected chi connectivity index (χ3v) is 3.98. The van der Waals surface area contributed by atoms with Crippen molar-refractivity contribution in [3.8, 4) is 0 Å². The molecule has 0 aliphatic rings. The summed E-state index contributed by atoms with van der Waals surface area (Å²) in [6.07, 6.45) is 0. The van der Waals surface area contributed by atoms with E-state index in [2.05, 4.69) is 69.1 Å². The van der Waals surface area contributed by atoms with Crippen molar-refractivity contribution in [3.05, 3.63) is 47.5 Å². The van der Waals surface area contributed by atoms with Crippen LogP contribution in [0.5, 0.6) is 0 Å². The van der Waals surface area contributed by atoms with E-state index >= 15 is 0 Å². The highest BCUT2D eigenvalue weighted by molar-refractivity contribution is 6.09. The van der Waals surface area contributed by atoms with Crippen molar-refractivity contribution < 1.29 is 0 Å². The second-order valence-electron chi connectivity index (χ2n) is 5.97.